The molecule has 0 heterocycles. The SMILES string of the molecule is NCC#Cc1cc(F)ccc1NS(=O)(=O)C1CCCCC1. The molecular formula is C15H19FN2O2S. The molecule has 1 aliphatic carbocycles. The van der Waals surface area contributed by atoms with Crippen LogP contribution in [0.2, 0.25) is 0 Å². The van der Waals surface area contributed by atoms with Crippen molar-refractivity contribution in [1.29, 1.82) is 0 Å². The summed E-state index contributed by atoms with van der Waals surface area (Å²) in [5.74, 6) is 4.85. The molecule has 114 valence electrons. The van der Waals surface area contributed by atoms with Crippen LogP contribution in [0.25, 0.3) is 0 Å². The van der Waals surface area contributed by atoms with Gasteiger partial charge in [-0.1, -0.05) is 31.1 Å². The third kappa shape index (κ3) is 4.19. The van der Waals surface area contributed by atoms with Crippen LogP contribution in [0.5, 0.6) is 0 Å². The number of nitrogens with two attached hydrogens (primary N) is 1. The van der Waals surface area contributed by atoms with Crippen LogP contribution in [0.3, 0.4) is 0 Å². The van der Waals surface area contributed by atoms with E-state index in [2.05, 4.69) is 16.6 Å². The van der Waals surface area contributed by atoms with Crippen LogP contribution in [0, 0.1) is 17.7 Å². The van der Waals surface area contributed by atoms with Crippen LogP contribution >= 0.6 is 0 Å². The van der Waals surface area contributed by atoms with Gasteiger partial charge in [-0.3, -0.25) is 4.72 Å². The molecule has 0 saturated heterocycles. The minimum Gasteiger partial charge on any atom is -0.320 e. The molecule has 1 aliphatic rings. The first-order valence-corrected chi connectivity index (χ1v) is 8.57. The largest absolute Gasteiger partial charge is 0.320 e. The van der Waals surface area contributed by atoms with Crippen LogP contribution in [0.1, 0.15) is 37.7 Å². The third-order valence-electron chi connectivity index (χ3n) is 3.55. The maximum absolute atomic E-state index is 13.3. The van der Waals surface area contributed by atoms with Gasteiger partial charge >= 0.3 is 0 Å². The lowest BCUT2D eigenvalue weighted by Crippen LogP contribution is -2.30. The van der Waals surface area contributed by atoms with Gasteiger partial charge in [0.15, 0.2) is 0 Å². The fourth-order valence-corrected chi connectivity index (χ4v) is 4.07. The van der Waals surface area contributed by atoms with Gasteiger partial charge in [0.2, 0.25) is 10.0 Å². The van der Waals surface area contributed by atoms with Crippen LogP contribution < -0.4 is 10.5 Å². The average molecular weight is 310 g/mol. The van der Waals surface area contributed by atoms with Crippen molar-refractivity contribution in [2.24, 2.45) is 5.73 Å². The van der Waals surface area contributed by atoms with Gasteiger partial charge in [0.05, 0.1) is 23.0 Å². The molecule has 1 saturated carbocycles. The summed E-state index contributed by atoms with van der Waals surface area (Å²) < 4.78 is 40.6. The number of rotatable bonds is 3. The normalized spacial score (nSPS) is 16.1. The van der Waals surface area contributed by atoms with Crippen LogP contribution in [-0.4, -0.2) is 20.2 Å². The Morgan fingerprint density at radius 2 is 2.00 bits per heavy atom. The molecule has 0 spiro atoms. The number of hydrogen-bond donors (Lipinski definition) is 2. The number of halogens is 1. The fraction of sp³-hybridized carbons (Fsp3) is 0.467. The van der Waals surface area contributed by atoms with E-state index in [1.807, 2.05) is 0 Å². The molecule has 6 heteroatoms. The van der Waals surface area contributed by atoms with E-state index < -0.39 is 15.8 Å². The number of nitrogens with one attached hydrogen (secondary N) is 1. The molecule has 0 amide bonds. The van der Waals surface area contributed by atoms with E-state index in [9.17, 15) is 12.8 Å². The first-order valence-electron chi connectivity index (χ1n) is 7.03. The van der Waals surface area contributed by atoms with Crippen molar-refractivity contribution >= 4 is 15.7 Å². The Morgan fingerprint density at radius 3 is 2.67 bits per heavy atom. The standard InChI is InChI=1S/C15H19FN2O2S/c16-13-8-9-15(12(11-13)5-4-10-17)18-21(19,20)14-6-2-1-3-7-14/h8-9,11,14,18H,1-3,6-7,10,17H2. The second-order valence-electron chi connectivity index (χ2n) is 5.10. The summed E-state index contributed by atoms with van der Waals surface area (Å²) in [6.45, 7) is 0.130. The maximum Gasteiger partial charge on any atom is 0.235 e. The summed E-state index contributed by atoms with van der Waals surface area (Å²) in [5, 5.41) is -0.383. The molecule has 1 fully saturated rings. The Hall–Kier alpha value is -1.58. The molecule has 1 aromatic rings. The van der Waals surface area contributed by atoms with Crippen LogP contribution in [-0.2, 0) is 10.0 Å². The zero-order chi connectivity index (χ0) is 15.3. The fourth-order valence-electron chi connectivity index (χ4n) is 2.47. The zero-order valence-corrected chi connectivity index (χ0v) is 12.5. The van der Waals surface area contributed by atoms with Gasteiger partial charge in [-0.05, 0) is 31.0 Å². The van der Waals surface area contributed by atoms with Crippen molar-refractivity contribution in [2.75, 3.05) is 11.3 Å². The molecule has 0 aliphatic heterocycles. The Kier molecular flexibility index (Phi) is 5.21. The number of benzene rings is 1. The Morgan fingerprint density at radius 1 is 1.29 bits per heavy atom. The lowest BCUT2D eigenvalue weighted by atomic mass is 10.0. The molecule has 21 heavy (non-hydrogen) atoms. The lowest BCUT2D eigenvalue weighted by molar-refractivity contribution is 0.486. The second kappa shape index (κ2) is 6.92. The molecule has 0 radical (unpaired) electrons. The van der Waals surface area contributed by atoms with Gasteiger partial charge < -0.3 is 5.73 Å². The van der Waals surface area contributed by atoms with Crippen molar-refractivity contribution in [3.05, 3.63) is 29.6 Å². The van der Waals surface area contributed by atoms with Crippen LogP contribution in [0.15, 0.2) is 18.2 Å². The molecule has 0 atom stereocenters. The minimum atomic E-state index is -3.47. The summed E-state index contributed by atoms with van der Waals surface area (Å²) >= 11 is 0. The van der Waals surface area contributed by atoms with Gasteiger partial charge in [0.25, 0.3) is 0 Å². The summed E-state index contributed by atoms with van der Waals surface area (Å²) in [7, 11) is -3.47. The highest BCUT2D eigenvalue weighted by Crippen LogP contribution is 2.26. The second-order valence-corrected chi connectivity index (χ2v) is 7.06. The highest BCUT2D eigenvalue weighted by atomic mass is 32.2. The van der Waals surface area contributed by atoms with E-state index in [-0.39, 0.29) is 11.8 Å². The number of hydrogen-bond acceptors (Lipinski definition) is 3. The monoisotopic (exact) mass is 310 g/mol. The summed E-state index contributed by atoms with van der Waals surface area (Å²) in [4.78, 5) is 0. The van der Waals surface area contributed by atoms with Crippen molar-refractivity contribution in [3.63, 3.8) is 0 Å². The topological polar surface area (TPSA) is 72.2 Å². The maximum atomic E-state index is 13.3. The van der Waals surface area contributed by atoms with E-state index in [1.165, 1.54) is 18.2 Å². The lowest BCUT2D eigenvalue weighted by Gasteiger charge is -2.22. The summed E-state index contributed by atoms with van der Waals surface area (Å²) in [6.07, 6.45) is 4.26. The molecule has 4 nitrogen and oxygen atoms in total. The molecule has 0 unspecified atom stereocenters. The zero-order valence-electron chi connectivity index (χ0n) is 11.7. The first kappa shape index (κ1) is 15.8. The first-order chi connectivity index (χ1) is 10.0. The van der Waals surface area contributed by atoms with Gasteiger partial charge in [-0.15, -0.1) is 0 Å². The quantitative estimate of drug-likeness (QED) is 0.841. The smallest absolute Gasteiger partial charge is 0.235 e. The van der Waals surface area contributed by atoms with Crippen molar-refractivity contribution in [3.8, 4) is 11.8 Å². The van der Waals surface area contributed by atoms with Gasteiger partial charge in [0.1, 0.15) is 5.82 Å². The van der Waals surface area contributed by atoms with Gasteiger partial charge in [-0.2, -0.15) is 0 Å². The molecule has 1 aromatic carbocycles. The van der Waals surface area contributed by atoms with E-state index in [0.29, 0.717) is 24.1 Å². The minimum absolute atomic E-state index is 0.130. The van der Waals surface area contributed by atoms with Crippen molar-refractivity contribution in [1.82, 2.24) is 0 Å². The van der Waals surface area contributed by atoms with E-state index >= 15 is 0 Å². The van der Waals surface area contributed by atoms with E-state index in [1.54, 1.807) is 0 Å². The van der Waals surface area contributed by atoms with Gasteiger partial charge in [0, 0.05) is 0 Å². The average Bonchev–Trinajstić information content (AvgIpc) is 2.48. The predicted molar refractivity (Wildman–Crippen MR) is 81.7 cm³/mol. The Balaban J connectivity index is 2.25. The summed E-state index contributed by atoms with van der Waals surface area (Å²) in [5.41, 5.74) is 5.92. The molecule has 3 N–H and O–H groups in total. The Bertz CT molecular complexity index is 656. The third-order valence-corrected chi connectivity index (χ3v) is 5.40. The molecule has 0 bridgehead atoms. The number of anilines is 1. The highest BCUT2D eigenvalue weighted by molar-refractivity contribution is 7.93. The predicted octanol–water partition coefficient (Wildman–Crippen LogP) is 2.21. The van der Waals surface area contributed by atoms with Crippen LogP contribution in [0.4, 0.5) is 10.1 Å². The summed E-state index contributed by atoms with van der Waals surface area (Å²) in [6, 6.07) is 3.82. The highest BCUT2D eigenvalue weighted by Gasteiger charge is 2.27. The number of sulfonamides is 1. The van der Waals surface area contributed by atoms with E-state index in [0.717, 1.165) is 19.3 Å². The Labute approximate surface area is 125 Å². The molecule has 0 aromatic heterocycles. The van der Waals surface area contributed by atoms with E-state index in [4.69, 9.17) is 5.73 Å². The molecule has 2 rings (SSSR count). The van der Waals surface area contributed by atoms with Crippen molar-refractivity contribution < 1.29 is 12.8 Å². The molecular weight excluding hydrogens is 291 g/mol. The van der Waals surface area contributed by atoms with Crippen molar-refractivity contribution in [2.45, 2.75) is 37.4 Å². The van der Waals surface area contributed by atoms with Gasteiger partial charge in [-0.25, -0.2) is 12.8 Å².